The van der Waals surface area contributed by atoms with E-state index in [2.05, 4.69) is 28.6 Å². The number of rotatable bonds is 4. The standard InChI is InChI=1S/C23H25N3O2S2/c1-12-8-9-18(24-11-12)26-22(28)19-14(3)25-16-6-5-7-17(27)21(16)20(19)15-10-13(2)30-23(15)29-4/h8-11,20,25H,5-7H2,1-4H3,(H,24,26,28). The predicted octanol–water partition coefficient (Wildman–Crippen LogP) is 5.09. The van der Waals surface area contributed by atoms with Crippen molar-refractivity contribution in [3.63, 3.8) is 0 Å². The Balaban J connectivity index is 1.81. The van der Waals surface area contributed by atoms with E-state index in [1.54, 1.807) is 35.4 Å². The summed E-state index contributed by atoms with van der Waals surface area (Å²) in [5.41, 5.74) is 5.20. The van der Waals surface area contributed by atoms with E-state index in [4.69, 9.17) is 0 Å². The van der Waals surface area contributed by atoms with Gasteiger partial charge < -0.3 is 10.6 Å². The maximum absolute atomic E-state index is 13.4. The third kappa shape index (κ3) is 3.84. The smallest absolute Gasteiger partial charge is 0.255 e. The van der Waals surface area contributed by atoms with Crippen LogP contribution in [0.1, 0.15) is 48.1 Å². The van der Waals surface area contributed by atoms with Crippen molar-refractivity contribution < 1.29 is 9.59 Å². The predicted molar refractivity (Wildman–Crippen MR) is 123 cm³/mol. The first kappa shape index (κ1) is 20.9. The highest BCUT2D eigenvalue weighted by molar-refractivity contribution is 8.00. The summed E-state index contributed by atoms with van der Waals surface area (Å²) >= 11 is 3.38. The number of nitrogens with zero attached hydrogens (tertiary/aromatic N) is 1. The van der Waals surface area contributed by atoms with Gasteiger partial charge in [-0.15, -0.1) is 23.1 Å². The number of thioether (sulfide) groups is 1. The molecule has 2 aromatic heterocycles. The van der Waals surface area contributed by atoms with Crippen molar-refractivity contribution in [3.8, 4) is 0 Å². The maximum Gasteiger partial charge on any atom is 0.255 e. The Morgan fingerprint density at radius 3 is 2.77 bits per heavy atom. The Kier molecular flexibility index (Phi) is 5.84. The van der Waals surface area contributed by atoms with Crippen LogP contribution in [-0.2, 0) is 9.59 Å². The summed E-state index contributed by atoms with van der Waals surface area (Å²) in [6, 6.07) is 5.84. The summed E-state index contributed by atoms with van der Waals surface area (Å²) < 4.78 is 1.15. The molecule has 0 bridgehead atoms. The molecule has 1 atom stereocenters. The fraction of sp³-hybridized carbons (Fsp3) is 0.348. The van der Waals surface area contributed by atoms with E-state index in [1.807, 2.05) is 26.2 Å². The third-order valence-electron chi connectivity index (χ3n) is 5.52. The monoisotopic (exact) mass is 439 g/mol. The molecule has 156 valence electrons. The molecule has 0 spiro atoms. The van der Waals surface area contributed by atoms with Gasteiger partial charge in [-0.05, 0) is 63.1 Å². The van der Waals surface area contributed by atoms with Gasteiger partial charge in [0.25, 0.3) is 5.91 Å². The Bertz CT molecular complexity index is 1080. The van der Waals surface area contributed by atoms with Crippen molar-refractivity contribution in [2.45, 2.75) is 50.2 Å². The number of aromatic nitrogens is 1. The number of amides is 1. The highest BCUT2D eigenvalue weighted by Crippen LogP contribution is 2.47. The van der Waals surface area contributed by atoms with Crippen molar-refractivity contribution in [1.82, 2.24) is 10.3 Å². The van der Waals surface area contributed by atoms with Crippen LogP contribution in [0.3, 0.4) is 0 Å². The van der Waals surface area contributed by atoms with Gasteiger partial charge >= 0.3 is 0 Å². The van der Waals surface area contributed by atoms with Gasteiger partial charge in [0.15, 0.2) is 5.78 Å². The van der Waals surface area contributed by atoms with Gasteiger partial charge in [0.05, 0.1) is 4.21 Å². The Morgan fingerprint density at radius 2 is 2.07 bits per heavy atom. The SMILES string of the molecule is CSc1sc(C)cc1C1C(C(=O)Nc2ccc(C)cn2)=C(C)NC2=C1C(=O)CCC2. The van der Waals surface area contributed by atoms with E-state index < -0.39 is 0 Å². The lowest BCUT2D eigenvalue weighted by Gasteiger charge is -2.34. The van der Waals surface area contributed by atoms with E-state index in [-0.39, 0.29) is 17.6 Å². The van der Waals surface area contributed by atoms with Crippen molar-refractivity contribution in [3.05, 3.63) is 62.9 Å². The number of anilines is 1. The van der Waals surface area contributed by atoms with E-state index in [0.29, 0.717) is 17.8 Å². The summed E-state index contributed by atoms with van der Waals surface area (Å²) in [4.78, 5) is 32.0. The number of allylic oxidation sites excluding steroid dienone is 3. The molecule has 1 amide bonds. The number of pyridine rings is 1. The number of dihydropyridines is 1. The Hall–Kier alpha value is -2.38. The fourth-order valence-corrected chi connectivity index (χ4v) is 6.11. The quantitative estimate of drug-likeness (QED) is 0.650. The van der Waals surface area contributed by atoms with Gasteiger partial charge in [-0.1, -0.05) is 6.07 Å². The molecular formula is C23H25N3O2S2. The van der Waals surface area contributed by atoms with Gasteiger partial charge in [0, 0.05) is 46.0 Å². The molecule has 0 radical (unpaired) electrons. The first-order valence-corrected chi connectivity index (χ1v) is 12.1. The third-order valence-corrected chi connectivity index (χ3v) is 7.74. The Morgan fingerprint density at radius 1 is 1.27 bits per heavy atom. The van der Waals surface area contributed by atoms with E-state index >= 15 is 0 Å². The topological polar surface area (TPSA) is 71.1 Å². The van der Waals surface area contributed by atoms with E-state index in [0.717, 1.165) is 45.1 Å². The lowest BCUT2D eigenvalue weighted by Crippen LogP contribution is -2.35. The van der Waals surface area contributed by atoms with Crippen LogP contribution in [0.15, 0.2) is 51.1 Å². The molecule has 4 rings (SSSR count). The van der Waals surface area contributed by atoms with Crippen LogP contribution in [0.2, 0.25) is 0 Å². The number of hydrogen-bond acceptors (Lipinski definition) is 6. The second-order valence-corrected chi connectivity index (χ2v) is 10.1. The molecule has 0 aromatic carbocycles. The first-order chi connectivity index (χ1) is 14.4. The van der Waals surface area contributed by atoms with Crippen LogP contribution < -0.4 is 10.6 Å². The minimum atomic E-state index is -0.355. The average Bonchev–Trinajstić information content (AvgIpc) is 3.09. The van der Waals surface area contributed by atoms with E-state index in [9.17, 15) is 9.59 Å². The van der Waals surface area contributed by atoms with Crippen molar-refractivity contribution in [2.75, 3.05) is 11.6 Å². The summed E-state index contributed by atoms with van der Waals surface area (Å²) in [6.07, 6.45) is 5.98. The number of carbonyl (C=O) groups excluding carboxylic acids is 2. The number of aryl methyl sites for hydroxylation is 2. The normalized spacial score (nSPS) is 18.9. The van der Waals surface area contributed by atoms with Crippen LogP contribution >= 0.6 is 23.1 Å². The van der Waals surface area contributed by atoms with Crippen molar-refractivity contribution in [1.29, 1.82) is 0 Å². The highest BCUT2D eigenvalue weighted by atomic mass is 32.2. The van der Waals surface area contributed by atoms with Crippen LogP contribution in [0, 0.1) is 13.8 Å². The average molecular weight is 440 g/mol. The Labute approximate surface area is 185 Å². The molecule has 0 saturated heterocycles. The number of hydrogen-bond donors (Lipinski definition) is 2. The maximum atomic E-state index is 13.4. The number of ketones is 1. The molecule has 2 aliphatic rings. The van der Waals surface area contributed by atoms with Gasteiger partial charge in [-0.25, -0.2) is 4.98 Å². The summed E-state index contributed by atoms with van der Waals surface area (Å²) in [5, 5.41) is 6.31. The number of nitrogens with one attached hydrogen (secondary N) is 2. The zero-order valence-electron chi connectivity index (χ0n) is 17.6. The molecule has 30 heavy (non-hydrogen) atoms. The van der Waals surface area contributed by atoms with Crippen molar-refractivity contribution >= 4 is 40.6 Å². The lowest BCUT2D eigenvalue weighted by atomic mass is 9.75. The molecule has 0 saturated carbocycles. The second-order valence-electron chi connectivity index (χ2n) is 7.74. The molecule has 5 nitrogen and oxygen atoms in total. The zero-order valence-corrected chi connectivity index (χ0v) is 19.2. The van der Waals surface area contributed by atoms with Crippen LogP contribution in [0.25, 0.3) is 0 Å². The van der Waals surface area contributed by atoms with Crippen LogP contribution in [0.5, 0.6) is 0 Å². The minimum Gasteiger partial charge on any atom is -0.362 e. The summed E-state index contributed by atoms with van der Waals surface area (Å²) in [5.74, 6) is 0.0657. The van der Waals surface area contributed by atoms with Gasteiger partial charge in [-0.2, -0.15) is 0 Å². The van der Waals surface area contributed by atoms with Gasteiger partial charge in [0.1, 0.15) is 5.82 Å². The number of thiophene rings is 1. The molecule has 1 aliphatic heterocycles. The summed E-state index contributed by atoms with van der Waals surface area (Å²) in [7, 11) is 0. The highest BCUT2D eigenvalue weighted by Gasteiger charge is 2.39. The number of Topliss-reactive ketones (excluding diaryl/α,β-unsaturated/α-hetero) is 1. The molecule has 3 heterocycles. The fourth-order valence-electron chi connectivity index (χ4n) is 4.19. The first-order valence-electron chi connectivity index (χ1n) is 10.0. The molecular weight excluding hydrogens is 414 g/mol. The molecule has 2 N–H and O–H groups in total. The van der Waals surface area contributed by atoms with Gasteiger partial charge in [0.2, 0.25) is 0 Å². The van der Waals surface area contributed by atoms with Crippen LogP contribution in [-0.4, -0.2) is 22.9 Å². The largest absolute Gasteiger partial charge is 0.362 e. The molecule has 2 aromatic rings. The van der Waals surface area contributed by atoms with Crippen molar-refractivity contribution in [2.24, 2.45) is 0 Å². The minimum absolute atomic E-state index is 0.135. The van der Waals surface area contributed by atoms with Crippen LogP contribution in [0.4, 0.5) is 5.82 Å². The van der Waals surface area contributed by atoms with E-state index in [1.165, 1.54) is 4.88 Å². The molecule has 1 aliphatic carbocycles. The zero-order chi connectivity index (χ0) is 21.4. The second kappa shape index (κ2) is 8.40. The number of carbonyl (C=O) groups is 2. The molecule has 0 fully saturated rings. The summed E-state index contributed by atoms with van der Waals surface area (Å²) in [6.45, 7) is 5.95. The van der Waals surface area contributed by atoms with Gasteiger partial charge in [-0.3, -0.25) is 9.59 Å². The molecule has 7 heteroatoms. The lowest BCUT2D eigenvalue weighted by molar-refractivity contribution is -0.116. The molecule has 1 unspecified atom stereocenters.